The zero-order valence-corrected chi connectivity index (χ0v) is 32.9. The van der Waals surface area contributed by atoms with Crippen molar-refractivity contribution < 1.29 is 68.6 Å². The highest BCUT2D eigenvalue weighted by Crippen LogP contribution is 2.70. The van der Waals surface area contributed by atoms with Crippen LogP contribution in [-0.2, 0) is 38.0 Å². The molecule has 3 saturated heterocycles. The maximum Gasteiger partial charge on any atom is 0.331 e. The van der Waals surface area contributed by atoms with Crippen molar-refractivity contribution >= 4 is 5.97 Å². The normalized spacial score (nSPS) is 55.5. The number of rotatable bonds is 7. The summed E-state index contributed by atoms with van der Waals surface area (Å²) in [5.41, 5.74) is -0.686. The van der Waals surface area contributed by atoms with E-state index in [1.54, 1.807) is 13.8 Å². The lowest BCUT2D eigenvalue weighted by molar-refractivity contribution is -0.336. The van der Waals surface area contributed by atoms with Crippen LogP contribution >= 0.6 is 0 Å². The number of carbonyl (C=O) groups excluding carboxylic acids is 1. The van der Waals surface area contributed by atoms with Crippen LogP contribution in [0.15, 0.2) is 11.6 Å². The lowest BCUT2D eigenvalue weighted by Crippen LogP contribution is -2.62. The van der Waals surface area contributed by atoms with Crippen molar-refractivity contribution in [1.82, 2.24) is 0 Å². The minimum absolute atomic E-state index is 0.0203. The monoisotopic (exact) mass is 780 g/mol. The van der Waals surface area contributed by atoms with E-state index >= 15 is 0 Å². The third-order valence-electron chi connectivity index (χ3n) is 15.8. The summed E-state index contributed by atoms with van der Waals surface area (Å²) in [5, 5.41) is 66.3. The van der Waals surface area contributed by atoms with Crippen LogP contribution in [0.1, 0.15) is 105 Å². The van der Waals surface area contributed by atoms with E-state index in [1.807, 2.05) is 6.92 Å². The smallest absolute Gasteiger partial charge is 0.331 e. The Balaban J connectivity index is 0.834. The van der Waals surface area contributed by atoms with Gasteiger partial charge in [0, 0.05) is 43.1 Å². The molecule has 4 saturated carbocycles. The third-order valence-corrected chi connectivity index (χ3v) is 15.8. The second-order valence-corrected chi connectivity index (χ2v) is 18.9. The molecule has 6 N–H and O–H groups in total. The van der Waals surface area contributed by atoms with Crippen molar-refractivity contribution in [2.24, 2.45) is 34.5 Å². The van der Waals surface area contributed by atoms with E-state index in [9.17, 15) is 35.4 Å². The molecule has 4 aliphatic carbocycles. The van der Waals surface area contributed by atoms with Crippen LogP contribution in [0.25, 0.3) is 0 Å². The van der Waals surface area contributed by atoms with E-state index in [0.717, 1.165) is 50.5 Å². The Kier molecular flexibility index (Phi) is 11.1. The second-order valence-electron chi connectivity index (χ2n) is 18.9. The first kappa shape index (κ1) is 40.5. The zero-order chi connectivity index (χ0) is 39.2. The van der Waals surface area contributed by atoms with Gasteiger partial charge in [-0.1, -0.05) is 13.8 Å². The molecular formula is C41H64O14. The maximum absolute atomic E-state index is 12.6. The van der Waals surface area contributed by atoms with Gasteiger partial charge in [0.25, 0.3) is 0 Å². The number of fused-ring (bicyclic) bond motifs is 5. The predicted octanol–water partition coefficient (Wildman–Crippen LogP) is 2.22. The highest BCUT2D eigenvalue weighted by molar-refractivity contribution is 5.85. The van der Waals surface area contributed by atoms with Crippen LogP contribution in [0.4, 0.5) is 0 Å². The first-order valence-electron chi connectivity index (χ1n) is 20.9. The number of carbonyl (C=O) groups is 1. The molecule has 21 atom stereocenters. The zero-order valence-electron chi connectivity index (χ0n) is 32.9. The molecule has 7 fully saturated rings. The molecule has 14 nitrogen and oxygen atoms in total. The number of hydrogen-bond acceptors (Lipinski definition) is 14. The number of hydrogen-bond donors (Lipinski definition) is 6. The van der Waals surface area contributed by atoms with Crippen molar-refractivity contribution in [2.75, 3.05) is 6.61 Å². The molecule has 4 heterocycles. The second kappa shape index (κ2) is 15.1. The molecule has 4 aliphatic heterocycles. The SMILES string of the molecule is C[C@H]1O[C@@H](O[C@H]2[C@@H](O)C[C@H](O[C@H]3[C@@H](O)C[C@H](O[C@H]4CC[C@@]5(C)[C@H](CC[C@@H]6[C@@H]5CC[C@]5(C)[C@@H](C7=CC(=O)OC7)C(O)C[C@]65O)C4)O[C@@H]3C)O[C@@H]2C)C[C@H](O)[C@@H]1O. The molecular weight excluding hydrogens is 716 g/mol. The van der Waals surface area contributed by atoms with Gasteiger partial charge in [0.2, 0.25) is 0 Å². The van der Waals surface area contributed by atoms with Gasteiger partial charge in [-0.25, -0.2) is 4.79 Å². The molecule has 0 radical (unpaired) electrons. The standard InChI is InChI=1S/C41H64O14/c1-19-36(47)27(42)14-33(50-19)54-38-21(3)52-34(16-29(38)44)55-37-20(2)51-32(15-28(37)43)53-24-8-10-39(4)23(13-24)6-7-26-25(39)9-11-40(5)35(22-12-31(46)49-18-22)30(45)17-41(26,40)48/h12,19-21,23-30,32-38,42-45,47-48H,6-11,13-18H2,1-5H3/t19-,20-,21-,23-,24+,25+,26-,27+,28+,29+,30?,32+,33+,34+,35+,36-,37-,38-,39+,40-,41+/m1/s1. The summed E-state index contributed by atoms with van der Waals surface area (Å²) in [6, 6.07) is 0. The Labute approximate surface area is 323 Å². The van der Waals surface area contributed by atoms with Crippen LogP contribution in [0.3, 0.4) is 0 Å². The van der Waals surface area contributed by atoms with E-state index in [0.29, 0.717) is 18.3 Å². The van der Waals surface area contributed by atoms with Gasteiger partial charge in [-0.05, 0) is 94.5 Å². The van der Waals surface area contributed by atoms with E-state index in [1.165, 1.54) is 6.08 Å². The number of ether oxygens (including phenoxy) is 7. The first-order valence-corrected chi connectivity index (χ1v) is 20.9. The summed E-state index contributed by atoms with van der Waals surface area (Å²) in [4.78, 5) is 12.0. The minimum atomic E-state index is -1.01. The van der Waals surface area contributed by atoms with Crippen molar-refractivity contribution in [3.05, 3.63) is 11.6 Å². The summed E-state index contributed by atoms with van der Waals surface area (Å²) >= 11 is 0. The molecule has 0 amide bonds. The van der Waals surface area contributed by atoms with Crippen molar-refractivity contribution in [3.63, 3.8) is 0 Å². The summed E-state index contributed by atoms with van der Waals surface area (Å²) in [7, 11) is 0. The lowest BCUT2D eigenvalue weighted by atomic mass is 9.43. The predicted molar refractivity (Wildman–Crippen MR) is 193 cm³/mol. The molecule has 0 aromatic carbocycles. The van der Waals surface area contributed by atoms with E-state index in [4.69, 9.17) is 33.2 Å². The largest absolute Gasteiger partial charge is 0.458 e. The quantitative estimate of drug-likeness (QED) is 0.162. The number of cyclic esters (lactones) is 1. The van der Waals surface area contributed by atoms with Gasteiger partial charge < -0.3 is 63.8 Å². The fourth-order valence-corrected chi connectivity index (χ4v) is 12.9. The fourth-order valence-electron chi connectivity index (χ4n) is 12.9. The van der Waals surface area contributed by atoms with Crippen LogP contribution in [-0.4, -0.2) is 135 Å². The van der Waals surface area contributed by atoms with Gasteiger partial charge in [0.05, 0.1) is 54.4 Å². The third kappa shape index (κ3) is 7.05. The Bertz CT molecular complexity index is 1410. The molecule has 8 rings (SSSR count). The topological polar surface area (TPSA) is 203 Å². The van der Waals surface area contributed by atoms with E-state index < -0.39 is 90.9 Å². The number of aliphatic hydroxyl groups is 6. The van der Waals surface area contributed by atoms with Gasteiger partial charge in [-0.15, -0.1) is 0 Å². The molecule has 8 aliphatic rings. The number of aliphatic hydroxyl groups excluding tert-OH is 5. The van der Waals surface area contributed by atoms with Gasteiger partial charge in [-0.2, -0.15) is 0 Å². The minimum Gasteiger partial charge on any atom is -0.458 e. The molecule has 0 spiro atoms. The van der Waals surface area contributed by atoms with Gasteiger partial charge in [-0.3, -0.25) is 0 Å². The maximum atomic E-state index is 12.6. The van der Waals surface area contributed by atoms with Crippen molar-refractivity contribution in [3.8, 4) is 0 Å². The summed E-state index contributed by atoms with van der Waals surface area (Å²) in [6.07, 6.45) is -1.26. The molecule has 1 unspecified atom stereocenters. The molecule has 0 aromatic rings. The average Bonchev–Trinajstić information content (AvgIpc) is 3.62. The summed E-state index contributed by atoms with van der Waals surface area (Å²) in [5.74, 6) is 0.174. The van der Waals surface area contributed by atoms with Crippen LogP contribution < -0.4 is 0 Å². The molecule has 0 bridgehead atoms. The van der Waals surface area contributed by atoms with Crippen LogP contribution in [0.2, 0.25) is 0 Å². The van der Waals surface area contributed by atoms with E-state index in [-0.39, 0.29) is 55.2 Å². The summed E-state index contributed by atoms with van der Waals surface area (Å²) in [6.45, 7) is 9.98. The molecule has 0 aromatic heterocycles. The van der Waals surface area contributed by atoms with Crippen molar-refractivity contribution in [1.29, 1.82) is 0 Å². The Morgan fingerprint density at radius 2 is 1.29 bits per heavy atom. The lowest BCUT2D eigenvalue weighted by Gasteiger charge is -2.63. The van der Waals surface area contributed by atoms with Crippen molar-refractivity contribution in [2.45, 2.75) is 197 Å². The molecule has 14 heteroatoms. The Morgan fingerprint density at radius 3 is 1.87 bits per heavy atom. The number of esters is 1. The molecule has 312 valence electrons. The highest BCUT2D eigenvalue weighted by Gasteiger charge is 2.70. The highest BCUT2D eigenvalue weighted by atomic mass is 16.7. The van der Waals surface area contributed by atoms with E-state index in [2.05, 4.69) is 13.8 Å². The molecule has 55 heavy (non-hydrogen) atoms. The van der Waals surface area contributed by atoms with Gasteiger partial charge in [0.1, 0.15) is 24.9 Å². The van der Waals surface area contributed by atoms with Crippen LogP contribution in [0, 0.1) is 34.5 Å². The first-order chi connectivity index (χ1) is 26.0. The van der Waals surface area contributed by atoms with Crippen LogP contribution in [0.5, 0.6) is 0 Å². The van der Waals surface area contributed by atoms with Gasteiger partial charge in [0.15, 0.2) is 18.9 Å². The van der Waals surface area contributed by atoms with Gasteiger partial charge >= 0.3 is 5.97 Å². The Hall–Kier alpha value is -1.27. The average molecular weight is 781 g/mol. The Morgan fingerprint density at radius 1 is 0.691 bits per heavy atom. The fraction of sp³-hybridized carbons (Fsp3) is 0.927. The summed E-state index contributed by atoms with van der Waals surface area (Å²) < 4.78 is 42.1.